The maximum atomic E-state index is 12.2. The van der Waals surface area contributed by atoms with Crippen molar-refractivity contribution in [1.82, 2.24) is 14.8 Å². The molecule has 0 unspecified atom stereocenters. The minimum Gasteiger partial charge on any atom is -0.497 e. The number of hydrogen-bond donors (Lipinski definition) is 1. The molecule has 3 aromatic rings. The van der Waals surface area contributed by atoms with Crippen molar-refractivity contribution < 1.29 is 33.6 Å². The van der Waals surface area contributed by atoms with Crippen LogP contribution in [0.25, 0.3) is 17.5 Å². The summed E-state index contributed by atoms with van der Waals surface area (Å²) >= 11 is 0.982. The first-order chi connectivity index (χ1) is 16.9. The van der Waals surface area contributed by atoms with E-state index in [1.807, 2.05) is 23.6 Å². The predicted molar refractivity (Wildman–Crippen MR) is 132 cm³/mol. The van der Waals surface area contributed by atoms with Crippen LogP contribution in [0.5, 0.6) is 28.7 Å². The second-order valence-corrected chi connectivity index (χ2v) is 8.03. The first-order valence-electron chi connectivity index (χ1n) is 10.5. The summed E-state index contributed by atoms with van der Waals surface area (Å²) in [6, 6.07) is 8.68. The van der Waals surface area contributed by atoms with Crippen LogP contribution in [0.4, 0.5) is 0 Å². The van der Waals surface area contributed by atoms with Gasteiger partial charge in [-0.05, 0) is 43.0 Å². The van der Waals surface area contributed by atoms with E-state index in [2.05, 4.69) is 10.2 Å². The molecule has 0 aliphatic carbocycles. The smallest absolute Gasteiger partial charge is 0.342 e. The van der Waals surface area contributed by atoms with E-state index in [0.717, 1.165) is 17.3 Å². The normalized spacial score (nSPS) is 11.2. The van der Waals surface area contributed by atoms with Crippen LogP contribution in [0.15, 0.2) is 40.4 Å². The highest BCUT2D eigenvalue weighted by Crippen LogP contribution is 2.38. The summed E-state index contributed by atoms with van der Waals surface area (Å²) in [5.41, 5.74) is 1.24. The Bertz CT molecular complexity index is 1220. The minimum absolute atomic E-state index is 0.0207. The van der Waals surface area contributed by atoms with Crippen LogP contribution in [0.2, 0.25) is 0 Å². The molecule has 0 spiro atoms. The zero-order valence-electron chi connectivity index (χ0n) is 20.3. The molecule has 186 valence electrons. The van der Waals surface area contributed by atoms with Crippen LogP contribution in [0, 0.1) is 0 Å². The van der Waals surface area contributed by atoms with Gasteiger partial charge in [0, 0.05) is 29.8 Å². The predicted octanol–water partition coefficient (Wildman–Crippen LogP) is 4.23. The average molecular weight is 502 g/mol. The highest BCUT2D eigenvalue weighted by molar-refractivity contribution is 8.04. The molecule has 3 rings (SSSR count). The van der Waals surface area contributed by atoms with Gasteiger partial charge in [-0.3, -0.25) is 0 Å². The molecule has 0 bridgehead atoms. The Balaban J connectivity index is 2.05. The molecule has 0 radical (unpaired) electrons. The number of carboxylic acids is 1. The number of carboxylic acid groups (broad SMARTS) is 1. The molecule has 0 amide bonds. The summed E-state index contributed by atoms with van der Waals surface area (Å²) in [4.78, 5) is 12.2. The number of aliphatic carboxylic acids is 1. The van der Waals surface area contributed by atoms with Crippen LogP contribution in [0.1, 0.15) is 12.5 Å². The minimum atomic E-state index is -1.12. The van der Waals surface area contributed by atoms with Gasteiger partial charge < -0.3 is 33.4 Å². The Morgan fingerprint density at radius 3 is 2.00 bits per heavy atom. The number of aromatic nitrogens is 3. The fourth-order valence-corrected chi connectivity index (χ4v) is 4.22. The zero-order valence-corrected chi connectivity index (χ0v) is 21.1. The van der Waals surface area contributed by atoms with Gasteiger partial charge in [-0.15, -0.1) is 10.2 Å². The standard InChI is InChI=1S/C24H27N3O7S/c1-7-27-22(15-8-16(30-2)12-17(9-15)31-3)25-26-24(27)35-21(23(28)29)11-14-10-19(33-5)20(34-6)13-18(14)32-4/h8-13H,7H2,1-6H3,(H,28,29)/b21-11-. The van der Waals surface area contributed by atoms with Crippen molar-refractivity contribution in [3.8, 4) is 40.1 Å². The molecule has 0 saturated carbocycles. The largest absolute Gasteiger partial charge is 0.497 e. The zero-order chi connectivity index (χ0) is 25.5. The second-order valence-electron chi connectivity index (χ2n) is 7.02. The van der Waals surface area contributed by atoms with Gasteiger partial charge >= 0.3 is 5.97 Å². The lowest BCUT2D eigenvalue weighted by molar-refractivity contribution is -0.131. The van der Waals surface area contributed by atoms with Gasteiger partial charge in [0.05, 0.1) is 35.5 Å². The molecule has 1 aromatic heterocycles. The number of benzene rings is 2. The summed E-state index contributed by atoms with van der Waals surface area (Å²) in [6.45, 7) is 2.44. The van der Waals surface area contributed by atoms with Gasteiger partial charge in [0.1, 0.15) is 22.2 Å². The summed E-state index contributed by atoms with van der Waals surface area (Å²) in [5.74, 6) is 1.98. The third kappa shape index (κ3) is 5.62. The number of ether oxygens (including phenoxy) is 5. The van der Waals surface area contributed by atoms with Crippen LogP contribution in [-0.4, -0.2) is 61.4 Å². The molecule has 0 aliphatic rings. The van der Waals surface area contributed by atoms with Crippen LogP contribution in [0.3, 0.4) is 0 Å². The van der Waals surface area contributed by atoms with E-state index < -0.39 is 5.97 Å². The van der Waals surface area contributed by atoms with E-state index in [4.69, 9.17) is 23.7 Å². The maximum Gasteiger partial charge on any atom is 0.342 e. The quantitative estimate of drug-likeness (QED) is 0.302. The van der Waals surface area contributed by atoms with Crippen molar-refractivity contribution in [2.45, 2.75) is 18.6 Å². The van der Waals surface area contributed by atoms with Gasteiger partial charge in [0.25, 0.3) is 0 Å². The topological polar surface area (TPSA) is 114 Å². The van der Waals surface area contributed by atoms with Crippen molar-refractivity contribution in [2.75, 3.05) is 35.5 Å². The second kappa shape index (κ2) is 11.5. The van der Waals surface area contributed by atoms with Crippen molar-refractivity contribution in [2.24, 2.45) is 0 Å². The molecule has 1 N–H and O–H groups in total. The van der Waals surface area contributed by atoms with Gasteiger partial charge in [0.15, 0.2) is 22.5 Å². The Kier molecular flexibility index (Phi) is 8.48. The highest BCUT2D eigenvalue weighted by atomic mass is 32.2. The monoisotopic (exact) mass is 501 g/mol. The Hall–Kier alpha value is -3.86. The van der Waals surface area contributed by atoms with E-state index in [0.29, 0.717) is 51.8 Å². The first-order valence-corrected chi connectivity index (χ1v) is 11.3. The maximum absolute atomic E-state index is 12.2. The average Bonchev–Trinajstić information content (AvgIpc) is 3.29. The number of thioether (sulfide) groups is 1. The molecule has 35 heavy (non-hydrogen) atoms. The van der Waals surface area contributed by atoms with Gasteiger partial charge in [-0.2, -0.15) is 0 Å². The first kappa shape index (κ1) is 25.8. The Labute approximate surface area is 207 Å². The summed E-state index contributed by atoms with van der Waals surface area (Å²) in [5, 5.41) is 18.9. The summed E-state index contributed by atoms with van der Waals surface area (Å²) in [6.07, 6.45) is 1.50. The lowest BCUT2D eigenvalue weighted by atomic mass is 10.1. The SMILES string of the molecule is CCn1c(S/C(=C\c2cc(OC)c(OC)cc2OC)C(=O)O)nnc1-c1cc(OC)cc(OC)c1. The van der Waals surface area contributed by atoms with Crippen molar-refractivity contribution in [3.05, 3.63) is 40.8 Å². The fourth-order valence-electron chi connectivity index (χ4n) is 3.34. The molecule has 0 atom stereocenters. The highest BCUT2D eigenvalue weighted by Gasteiger charge is 2.20. The number of methoxy groups -OCH3 is 5. The third-order valence-corrected chi connectivity index (χ3v) is 6.07. The molecular weight excluding hydrogens is 474 g/mol. The lowest BCUT2D eigenvalue weighted by Crippen LogP contribution is -2.03. The Morgan fingerprint density at radius 2 is 1.49 bits per heavy atom. The number of carbonyl (C=O) groups is 1. The van der Waals surface area contributed by atoms with E-state index in [-0.39, 0.29) is 4.91 Å². The Morgan fingerprint density at radius 1 is 0.886 bits per heavy atom. The number of hydrogen-bond acceptors (Lipinski definition) is 9. The summed E-state index contributed by atoms with van der Waals surface area (Å²) < 4.78 is 28.6. The molecule has 0 saturated heterocycles. The van der Waals surface area contributed by atoms with Gasteiger partial charge in [0.2, 0.25) is 0 Å². The number of rotatable bonds is 11. The molecular formula is C24H27N3O7S. The third-order valence-electron chi connectivity index (χ3n) is 5.08. The number of nitrogens with zero attached hydrogens (tertiary/aromatic N) is 3. The molecule has 1 heterocycles. The van der Waals surface area contributed by atoms with E-state index in [1.165, 1.54) is 27.4 Å². The fraction of sp³-hybridized carbons (Fsp3) is 0.292. The molecule has 0 aliphatic heterocycles. The van der Waals surface area contributed by atoms with Crippen LogP contribution < -0.4 is 23.7 Å². The van der Waals surface area contributed by atoms with Crippen molar-refractivity contribution in [3.63, 3.8) is 0 Å². The van der Waals surface area contributed by atoms with E-state index in [1.54, 1.807) is 32.4 Å². The van der Waals surface area contributed by atoms with Crippen molar-refractivity contribution >= 4 is 23.8 Å². The van der Waals surface area contributed by atoms with E-state index >= 15 is 0 Å². The molecule has 2 aromatic carbocycles. The lowest BCUT2D eigenvalue weighted by Gasteiger charge is -2.13. The van der Waals surface area contributed by atoms with Crippen LogP contribution >= 0.6 is 11.8 Å². The molecule has 0 fully saturated rings. The summed E-state index contributed by atoms with van der Waals surface area (Å²) in [7, 11) is 7.64. The van der Waals surface area contributed by atoms with Gasteiger partial charge in [-0.1, -0.05) is 0 Å². The van der Waals surface area contributed by atoms with E-state index in [9.17, 15) is 9.90 Å². The molecule has 11 heteroatoms. The van der Waals surface area contributed by atoms with Gasteiger partial charge in [-0.25, -0.2) is 4.79 Å². The van der Waals surface area contributed by atoms with Crippen molar-refractivity contribution in [1.29, 1.82) is 0 Å². The van der Waals surface area contributed by atoms with Crippen LogP contribution in [-0.2, 0) is 11.3 Å². The molecule has 10 nitrogen and oxygen atoms in total.